The fourth-order valence-electron chi connectivity index (χ4n) is 4.67. The predicted molar refractivity (Wildman–Crippen MR) is 118 cm³/mol. The lowest BCUT2D eigenvalue weighted by Crippen LogP contribution is -2.45. The number of halogens is 1. The molecular weight excluding hydrogens is 405 g/mol. The van der Waals surface area contributed by atoms with Gasteiger partial charge in [0.1, 0.15) is 17.8 Å². The fourth-order valence-corrected chi connectivity index (χ4v) is 4.67. The molecule has 7 heteroatoms. The third kappa shape index (κ3) is 4.09. The van der Waals surface area contributed by atoms with Crippen molar-refractivity contribution in [2.75, 3.05) is 13.1 Å². The van der Waals surface area contributed by atoms with Gasteiger partial charge in [0.2, 0.25) is 0 Å². The number of amides is 1. The van der Waals surface area contributed by atoms with Gasteiger partial charge in [0.25, 0.3) is 5.91 Å². The van der Waals surface area contributed by atoms with Gasteiger partial charge >= 0.3 is 0 Å². The maximum atomic E-state index is 13.4. The van der Waals surface area contributed by atoms with E-state index in [2.05, 4.69) is 21.0 Å². The molecule has 1 atom stereocenters. The summed E-state index contributed by atoms with van der Waals surface area (Å²) in [5.41, 5.74) is 1.98. The van der Waals surface area contributed by atoms with Crippen LogP contribution < -0.4 is 0 Å². The summed E-state index contributed by atoms with van der Waals surface area (Å²) < 4.78 is 13.4. The molecule has 1 unspecified atom stereocenters. The van der Waals surface area contributed by atoms with Crippen molar-refractivity contribution in [1.82, 2.24) is 19.9 Å². The third-order valence-electron chi connectivity index (χ3n) is 6.38. The smallest absolute Gasteiger partial charge is 0.256 e. The first-order valence-electron chi connectivity index (χ1n) is 10.8. The number of piperidine rings is 1. The Morgan fingerprint density at radius 3 is 2.53 bits per heavy atom. The maximum absolute atomic E-state index is 13.4. The van der Waals surface area contributed by atoms with Gasteiger partial charge in [0, 0.05) is 31.4 Å². The number of hydrogen-bond donors (Lipinski definition) is 0. The summed E-state index contributed by atoms with van der Waals surface area (Å²) in [6.45, 7) is 3.00. The van der Waals surface area contributed by atoms with Gasteiger partial charge < -0.3 is 4.90 Å². The molecule has 1 aromatic carbocycles. The van der Waals surface area contributed by atoms with Crippen molar-refractivity contribution >= 4 is 5.91 Å². The number of carbonyl (C=O) groups is 1. The number of nitrogens with zero attached hydrogens (tertiary/aromatic N) is 5. The quantitative estimate of drug-likeness (QED) is 0.591. The van der Waals surface area contributed by atoms with Gasteiger partial charge in [-0.15, -0.1) is 0 Å². The monoisotopic (exact) mass is 429 g/mol. The van der Waals surface area contributed by atoms with Crippen LogP contribution in [0.4, 0.5) is 4.39 Å². The first-order chi connectivity index (χ1) is 15.6. The van der Waals surface area contributed by atoms with Crippen molar-refractivity contribution in [1.29, 1.82) is 5.26 Å². The minimum absolute atomic E-state index is 0.0136. The number of rotatable bonds is 5. The van der Waals surface area contributed by atoms with Crippen molar-refractivity contribution < 1.29 is 9.18 Å². The molecule has 2 aromatic heterocycles. The molecule has 0 bridgehead atoms. The summed E-state index contributed by atoms with van der Waals surface area (Å²) in [6, 6.07) is 14.2. The normalized spacial score (nSPS) is 16.2. The van der Waals surface area contributed by atoms with Gasteiger partial charge in [-0.3, -0.25) is 9.78 Å². The molecular formula is C25H24FN5O. The van der Waals surface area contributed by atoms with E-state index >= 15 is 0 Å². The second-order valence-electron chi connectivity index (χ2n) is 8.07. The molecule has 1 aliphatic heterocycles. The average Bonchev–Trinajstić information content (AvgIpc) is 2.86. The molecule has 0 aliphatic carbocycles. The summed E-state index contributed by atoms with van der Waals surface area (Å²) in [6.07, 6.45) is 6.59. The summed E-state index contributed by atoms with van der Waals surface area (Å²) >= 11 is 0. The third-order valence-corrected chi connectivity index (χ3v) is 6.38. The van der Waals surface area contributed by atoms with Crippen LogP contribution in [0.15, 0.2) is 61.2 Å². The average molecular weight is 429 g/mol. The largest absolute Gasteiger partial charge is 0.338 e. The van der Waals surface area contributed by atoms with E-state index in [0.29, 0.717) is 42.9 Å². The van der Waals surface area contributed by atoms with Gasteiger partial charge in [-0.05, 0) is 55.2 Å². The van der Waals surface area contributed by atoms with Crippen molar-refractivity contribution in [2.24, 2.45) is 5.41 Å². The van der Waals surface area contributed by atoms with Crippen LogP contribution in [0.2, 0.25) is 0 Å². The Morgan fingerprint density at radius 1 is 1.16 bits per heavy atom. The Morgan fingerprint density at radius 2 is 1.91 bits per heavy atom. The van der Waals surface area contributed by atoms with Crippen LogP contribution >= 0.6 is 0 Å². The highest BCUT2D eigenvalue weighted by molar-refractivity contribution is 5.99. The van der Waals surface area contributed by atoms with Crippen LogP contribution in [-0.4, -0.2) is 38.8 Å². The summed E-state index contributed by atoms with van der Waals surface area (Å²) in [4.78, 5) is 27.7. The van der Waals surface area contributed by atoms with Gasteiger partial charge in [0.15, 0.2) is 0 Å². The minimum atomic E-state index is -0.590. The van der Waals surface area contributed by atoms with E-state index < -0.39 is 5.41 Å². The number of likely N-dealkylation sites (tertiary alicyclic amines) is 1. The number of nitriles is 1. The molecule has 162 valence electrons. The number of carbonyl (C=O) groups excluding carboxylic acids is 1. The maximum Gasteiger partial charge on any atom is 0.256 e. The summed E-state index contributed by atoms with van der Waals surface area (Å²) in [5, 5.41) is 10.1. The minimum Gasteiger partial charge on any atom is -0.338 e. The molecule has 3 aromatic rings. The Bertz CT molecular complexity index is 1120. The van der Waals surface area contributed by atoms with Crippen molar-refractivity contribution in [3.63, 3.8) is 0 Å². The Labute approximate surface area is 186 Å². The zero-order chi connectivity index (χ0) is 22.6. The summed E-state index contributed by atoms with van der Waals surface area (Å²) in [7, 11) is 0. The standard InChI is InChI=1S/C25H24FN5O/c1-2-21(18-5-7-19(26)8-6-18)25(16-27)10-14-31(15-11-25)24(32)20-4-3-12-29-23(20)22-9-13-28-17-30-22/h3-9,12-13,17,21H,2,10-11,14-15H2,1H3. The van der Waals surface area contributed by atoms with Crippen LogP contribution in [-0.2, 0) is 0 Å². The second-order valence-corrected chi connectivity index (χ2v) is 8.07. The number of hydrogen-bond acceptors (Lipinski definition) is 5. The molecule has 0 N–H and O–H groups in total. The molecule has 4 rings (SSSR count). The van der Waals surface area contributed by atoms with E-state index in [1.807, 2.05) is 6.92 Å². The molecule has 6 nitrogen and oxygen atoms in total. The zero-order valence-corrected chi connectivity index (χ0v) is 17.9. The van der Waals surface area contributed by atoms with E-state index in [1.54, 1.807) is 47.6 Å². The molecule has 3 heterocycles. The molecule has 0 radical (unpaired) electrons. The van der Waals surface area contributed by atoms with E-state index in [-0.39, 0.29) is 17.6 Å². The molecule has 1 amide bonds. The molecule has 1 aliphatic rings. The Balaban J connectivity index is 1.55. The van der Waals surface area contributed by atoms with Gasteiger partial charge in [-0.1, -0.05) is 19.1 Å². The van der Waals surface area contributed by atoms with Crippen LogP contribution in [0.1, 0.15) is 48.0 Å². The van der Waals surface area contributed by atoms with Crippen LogP contribution in [0.5, 0.6) is 0 Å². The SMILES string of the molecule is CCC(c1ccc(F)cc1)C1(C#N)CCN(C(=O)c2cccnc2-c2ccncn2)CC1. The van der Waals surface area contributed by atoms with E-state index in [1.165, 1.54) is 18.5 Å². The van der Waals surface area contributed by atoms with Gasteiger partial charge in [-0.25, -0.2) is 14.4 Å². The van der Waals surface area contributed by atoms with Crippen molar-refractivity contribution in [2.45, 2.75) is 32.1 Å². The highest BCUT2D eigenvalue weighted by atomic mass is 19.1. The van der Waals surface area contributed by atoms with Crippen LogP contribution in [0, 0.1) is 22.6 Å². The highest BCUT2D eigenvalue weighted by Gasteiger charge is 2.43. The molecule has 0 spiro atoms. The number of benzene rings is 1. The summed E-state index contributed by atoms with van der Waals surface area (Å²) in [5.74, 6) is -0.417. The fraction of sp³-hybridized carbons (Fsp3) is 0.320. The van der Waals surface area contributed by atoms with Crippen LogP contribution in [0.3, 0.4) is 0 Å². The first-order valence-corrected chi connectivity index (χ1v) is 10.8. The molecule has 0 saturated carbocycles. The van der Waals surface area contributed by atoms with Gasteiger partial charge in [0.05, 0.1) is 22.7 Å². The highest BCUT2D eigenvalue weighted by Crippen LogP contribution is 2.46. The van der Waals surface area contributed by atoms with E-state index in [4.69, 9.17) is 0 Å². The zero-order valence-electron chi connectivity index (χ0n) is 17.9. The topological polar surface area (TPSA) is 82.8 Å². The van der Waals surface area contributed by atoms with Crippen molar-refractivity contribution in [3.8, 4) is 17.5 Å². The Hall–Kier alpha value is -3.66. The van der Waals surface area contributed by atoms with Gasteiger partial charge in [-0.2, -0.15) is 5.26 Å². The van der Waals surface area contributed by atoms with E-state index in [0.717, 1.165) is 12.0 Å². The van der Waals surface area contributed by atoms with Crippen LogP contribution in [0.25, 0.3) is 11.4 Å². The second kappa shape index (κ2) is 9.23. The lowest BCUT2D eigenvalue weighted by atomic mass is 9.66. The predicted octanol–water partition coefficient (Wildman–Crippen LogP) is 4.62. The first kappa shape index (κ1) is 21.6. The molecule has 32 heavy (non-hydrogen) atoms. The molecule has 1 fully saturated rings. The lowest BCUT2D eigenvalue weighted by Gasteiger charge is -2.42. The number of pyridine rings is 1. The Kier molecular flexibility index (Phi) is 6.22. The lowest BCUT2D eigenvalue weighted by molar-refractivity contribution is 0.0614. The van der Waals surface area contributed by atoms with E-state index in [9.17, 15) is 14.4 Å². The number of aromatic nitrogens is 3. The molecule has 1 saturated heterocycles. The van der Waals surface area contributed by atoms with Crippen molar-refractivity contribution in [3.05, 3.63) is 78.1 Å².